The van der Waals surface area contributed by atoms with Gasteiger partial charge < -0.3 is 4.90 Å². The van der Waals surface area contributed by atoms with E-state index in [0.29, 0.717) is 11.6 Å². The van der Waals surface area contributed by atoms with Crippen molar-refractivity contribution in [3.05, 3.63) is 29.3 Å². The molecule has 0 radical (unpaired) electrons. The molecule has 0 saturated heterocycles. The van der Waals surface area contributed by atoms with Gasteiger partial charge in [-0.25, -0.2) is 8.42 Å². The summed E-state index contributed by atoms with van der Waals surface area (Å²) in [6.07, 6.45) is 4.28. The molecular formula is C16H23ClN2O3S. The zero-order valence-electron chi connectivity index (χ0n) is 13.5. The number of sulfonamides is 1. The van der Waals surface area contributed by atoms with E-state index in [9.17, 15) is 13.2 Å². The fourth-order valence-corrected chi connectivity index (χ4v) is 4.25. The van der Waals surface area contributed by atoms with Crippen LogP contribution in [0.25, 0.3) is 0 Å². The Morgan fingerprint density at radius 3 is 2.30 bits per heavy atom. The second kappa shape index (κ2) is 7.64. The third-order valence-corrected chi connectivity index (χ3v) is 6.38. The van der Waals surface area contributed by atoms with Crippen LogP contribution < -0.4 is 0 Å². The molecule has 0 aliphatic heterocycles. The number of rotatable bonds is 6. The molecule has 0 atom stereocenters. The Bertz CT molecular complexity index is 640. The number of hydrogen-bond donors (Lipinski definition) is 0. The minimum atomic E-state index is -3.69. The van der Waals surface area contributed by atoms with Crippen molar-refractivity contribution in [2.45, 2.75) is 43.5 Å². The topological polar surface area (TPSA) is 57.7 Å². The second-order valence-corrected chi connectivity index (χ2v) is 8.31. The van der Waals surface area contributed by atoms with Crippen LogP contribution in [-0.2, 0) is 14.8 Å². The summed E-state index contributed by atoms with van der Waals surface area (Å²) in [6.45, 7) is 2.40. The van der Waals surface area contributed by atoms with E-state index in [4.69, 9.17) is 11.6 Å². The van der Waals surface area contributed by atoms with Gasteiger partial charge in [-0.3, -0.25) is 4.79 Å². The summed E-state index contributed by atoms with van der Waals surface area (Å²) in [6, 6.07) is 6.21. The van der Waals surface area contributed by atoms with Crippen molar-refractivity contribution in [3.63, 3.8) is 0 Å². The molecule has 7 heteroatoms. The SMILES string of the molecule is CCN(C(=O)CN(C)S(=O)(=O)c1ccc(Cl)cc1)C1CCCC1. The number of carbonyl (C=O) groups is 1. The Hall–Kier alpha value is -1.11. The standard InChI is InChI=1S/C16H23ClN2O3S/c1-3-19(14-6-4-5-7-14)16(20)12-18(2)23(21,22)15-10-8-13(17)9-11-15/h8-11,14H,3-7,12H2,1-2H3. The first-order chi connectivity index (χ1) is 10.9. The third kappa shape index (κ3) is 4.25. The predicted molar refractivity (Wildman–Crippen MR) is 90.9 cm³/mol. The Kier molecular flexibility index (Phi) is 6.06. The van der Waals surface area contributed by atoms with Crippen molar-refractivity contribution in [2.24, 2.45) is 0 Å². The maximum atomic E-state index is 12.5. The first-order valence-corrected chi connectivity index (χ1v) is 9.69. The van der Waals surface area contributed by atoms with E-state index in [-0.39, 0.29) is 23.4 Å². The number of carbonyl (C=O) groups excluding carboxylic acids is 1. The zero-order valence-corrected chi connectivity index (χ0v) is 15.1. The Morgan fingerprint density at radius 2 is 1.78 bits per heavy atom. The van der Waals surface area contributed by atoms with E-state index in [1.54, 1.807) is 4.90 Å². The largest absolute Gasteiger partial charge is 0.339 e. The highest BCUT2D eigenvalue weighted by Crippen LogP contribution is 2.24. The highest BCUT2D eigenvalue weighted by Gasteiger charge is 2.29. The summed E-state index contributed by atoms with van der Waals surface area (Å²) in [5.74, 6) is -0.139. The highest BCUT2D eigenvalue weighted by atomic mass is 35.5. The summed E-state index contributed by atoms with van der Waals surface area (Å²) >= 11 is 5.79. The van der Waals surface area contributed by atoms with Crippen LogP contribution in [0.15, 0.2) is 29.2 Å². The molecule has 1 aromatic carbocycles. The van der Waals surface area contributed by atoms with Crippen LogP contribution in [0.4, 0.5) is 0 Å². The Labute approximate surface area is 143 Å². The lowest BCUT2D eigenvalue weighted by Gasteiger charge is -2.29. The molecule has 1 saturated carbocycles. The summed E-state index contributed by atoms with van der Waals surface area (Å²) in [4.78, 5) is 14.4. The van der Waals surface area contributed by atoms with Gasteiger partial charge in [0.1, 0.15) is 0 Å². The molecule has 0 bridgehead atoms. The van der Waals surface area contributed by atoms with Gasteiger partial charge in [0.25, 0.3) is 0 Å². The van der Waals surface area contributed by atoms with E-state index in [0.717, 1.165) is 30.0 Å². The smallest absolute Gasteiger partial charge is 0.243 e. The van der Waals surface area contributed by atoms with Crippen LogP contribution >= 0.6 is 11.6 Å². The molecule has 0 unspecified atom stereocenters. The molecule has 0 heterocycles. The van der Waals surface area contributed by atoms with Gasteiger partial charge in [0.2, 0.25) is 15.9 Å². The van der Waals surface area contributed by atoms with E-state index in [1.165, 1.54) is 31.3 Å². The Morgan fingerprint density at radius 1 is 1.22 bits per heavy atom. The van der Waals surface area contributed by atoms with Gasteiger partial charge in [0, 0.05) is 24.7 Å². The normalized spacial score (nSPS) is 16.0. The minimum absolute atomic E-state index is 0.139. The van der Waals surface area contributed by atoms with Crippen LogP contribution in [-0.4, -0.2) is 49.7 Å². The van der Waals surface area contributed by atoms with Crippen LogP contribution in [0.5, 0.6) is 0 Å². The molecule has 0 N–H and O–H groups in total. The van der Waals surface area contributed by atoms with Gasteiger partial charge in [-0.2, -0.15) is 4.31 Å². The number of amides is 1. The summed E-state index contributed by atoms with van der Waals surface area (Å²) in [5, 5.41) is 0.473. The van der Waals surface area contributed by atoms with Gasteiger partial charge in [0.05, 0.1) is 11.4 Å². The van der Waals surface area contributed by atoms with Crippen molar-refractivity contribution in [3.8, 4) is 0 Å². The van der Waals surface area contributed by atoms with Crippen molar-refractivity contribution in [1.29, 1.82) is 0 Å². The maximum Gasteiger partial charge on any atom is 0.243 e. The van der Waals surface area contributed by atoms with E-state index >= 15 is 0 Å². The van der Waals surface area contributed by atoms with Gasteiger partial charge >= 0.3 is 0 Å². The van der Waals surface area contributed by atoms with Gasteiger partial charge in [0.15, 0.2) is 0 Å². The summed E-state index contributed by atoms with van der Waals surface area (Å²) < 4.78 is 26.2. The lowest BCUT2D eigenvalue weighted by atomic mass is 10.2. The van der Waals surface area contributed by atoms with Crippen LogP contribution in [0, 0.1) is 0 Å². The zero-order chi connectivity index (χ0) is 17.0. The maximum absolute atomic E-state index is 12.5. The number of likely N-dealkylation sites (N-methyl/N-ethyl adjacent to an activating group) is 2. The third-order valence-electron chi connectivity index (χ3n) is 4.31. The highest BCUT2D eigenvalue weighted by molar-refractivity contribution is 7.89. The summed E-state index contributed by atoms with van der Waals surface area (Å²) in [7, 11) is -2.25. The average Bonchev–Trinajstić information content (AvgIpc) is 3.02. The molecule has 128 valence electrons. The van der Waals surface area contributed by atoms with Gasteiger partial charge in [-0.1, -0.05) is 24.4 Å². The molecule has 23 heavy (non-hydrogen) atoms. The summed E-state index contributed by atoms with van der Waals surface area (Å²) in [5.41, 5.74) is 0. The van der Waals surface area contributed by atoms with E-state index < -0.39 is 10.0 Å². The Balaban J connectivity index is 2.08. The monoisotopic (exact) mass is 358 g/mol. The number of nitrogens with zero attached hydrogens (tertiary/aromatic N) is 2. The fraction of sp³-hybridized carbons (Fsp3) is 0.562. The molecule has 0 spiro atoms. The molecule has 1 aliphatic rings. The lowest BCUT2D eigenvalue weighted by Crippen LogP contribution is -2.45. The van der Waals surface area contributed by atoms with Crippen LogP contribution in [0.3, 0.4) is 0 Å². The first kappa shape index (κ1) is 18.2. The van der Waals surface area contributed by atoms with Gasteiger partial charge in [-0.05, 0) is 44.0 Å². The number of halogens is 1. The quantitative estimate of drug-likeness (QED) is 0.785. The molecule has 1 aromatic rings. The molecule has 0 aromatic heterocycles. The molecule has 1 fully saturated rings. The number of hydrogen-bond acceptors (Lipinski definition) is 3. The van der Waals surface area contributed by atoms with Crippen LogP contribution in [0.1, 0.15) is 32.6 Å². The average molecular weight is 359 g/mol. The minimum Gasteiger partial charge on any atom is -0.339 e. The van der Waals surface area contributed by atoms with Crippen molar-refractivity contribution >= 4 is 27.5 Å². The molecule has 1 amide bonds. The van der Waals surface area contributed by atoms with Crippen LogP contribution in [0.2, 0.25) is 5.02 Å². The number of benzene rings is 1. The van der Waals surface area contributed by atoms with Crippen molar-refractivity contribution in [2.75, 3.05) is 20.1 Å². The van der Waals surface area contributed by atoms with Gasteiger partial charge in [-0.15, -0.1) is 0 Å². The first-order valence-electron chi connectivity index (χ1n) is 7.87. The van der Waals surface area contributed by atoms with Crippen molar-refractivity contribution < 1.29 is 13.2 Å². The molecule has 5 nitrogen and oxygen atoms in total. The second-order valence-electron chi connectivity index (χ2n) is 5.83. The predicted octanol–water partition coefficient (Wildman–Crippen LogP) is 2.75. The fourth-order valence-electron chi connectivity index (χ4n) is 3.01. The molecule has 2 rings (SSSR count). The van der Waals surface area contributed by atoms with E-state index in [1.807, 2.05) is 6.92 Å². The molecular weight excluding hydrogens is 336 g/mol. The molecule has 1 aliphatic carbocycles. The van der Waals surface area contributed by atoms with Crippen molar-refractivity contribution in [1.82, 2.24) is 9.21 Å². The van der Waals surface area contributed by atoms with E-state index in [2.05, 4.69) is 0 Å². The lowest BCUT2D eigenvalue weighted by molar-refractivity contribution is -0.133.